The second-order valence-electron chi connectivity index (χ2n) is 6.30. The minimum atomic E-state index is -0.425. The van der Waals surface area contributed by atoms with Gasteiger partial charge in [-0.25, -0.2) is 8.78 Å². The maximum absolute atomic E-state index is 14.5. The Morgan fingerprint density at radius 3 is 2.45 bits per heavy atom. The van der Waals surface area contributed by atoms with Crippen molar-refractivity contribution in [1.29, 1.82) is 0 Å². The van der Waals surface area contributed by atoms with Crippen LogP contribution < -0.4 is 5.32 Å². The summed E-state index contributed by atoms with van der Waals surface area (Å²) in [5, 5.41) is 3.34. The highest BCUT2D eigenvalue weighted by Gasteiger charge is 2.38. The molecule has 1 unspecified atom stereocenters. The van der Waals surface area contributed by atoms with E-state index in [1.807, 2.05) is 6.92 Å². The topological polar surface area (TPSA) is 12.0 Å². The molecule has 1 aliphatic carbocycles. The zero-order chi connectivity index (χ0) is 14.8. The highest BCUT2D eigenvalue weighted by atomic mass is 19.1. The van der Waals surface area contributed by atoms with Crippen LogP contribution in [0.2, 0.25) is 0 Å². The van der Waals surface area contributed by atoms with Gasteiger partial charge in [0.15, 0.2) is 0 Å². The maximum atomic E-state index is 14.5. The molecule has 0 heterocycles. The summed E-state index contributed by atoms with van der Waals surface area (Å²) in [7, 11) is 0. The first-order valence-corrected chi connectivity index (χ1v) is 7.67. The minimum absolute atomic E-state index is 0.0657. The van der Waals surface area contributed by atoms with E-state index in [0.29, 0.717) is 12.1 Å². The summed E-state index contributed by atoms with van der Waals surface area (Å²) in [4.78, 5) is 0. The first kappa shape index (κ1) is 15.4. The molecule has 1 N–H and O–H groups in total. The van der Waals surface area contributed by atoms with Gasteiger partial charge in [-0.1, -0.05) is 39.2 Å². The van der Waals surface area contributed by atoms with Crippen molar-refractivity contribution in [1.82, 2.24) is 5.32 Å². The highest BCUT2D eigenvalue weighted by Crippen LogP contribution is 2.46. The molecule has 1 aromatic carbocycles. The Labute approximate surface area is 120 Å². The van der Waals surface area contributed by atoms with E-state index >= 15 is 0 Å². The van der Waals surface area contributed by atoms with Crippen LogP contribution in [0, 0.1) is 24.0 Å². The van der Waals surface area contributed by atoms with Gasteiger partial charge in [0, 0.05) is 11.6 Å². The van der Waals surface area contributed by atoms with E-state index in [4.69, 9.17) is 0 Å². The Hall–Kier alpha value is -0.960. The molecule has 0 saturated heterocycles. The zero-order valence-electron chi connectivity index (χ0n) is 12.7. The van der Waals surface area contributed by atoms with Gasteiger partial charge in [0.1, 0.15) is 11.6 Å². The SMILES string of the molecule is CCNC(c1c(F)ccc(C)c1F)C1(C)CCCCC1. The van der Waals surface area contributed by atoms with Crippen LogP contribution in [-0.4, -0.2) is 6.54 Å². The van der Waals surface area contributed by atoms with Crippen molar-refractivity contribution in [3.8, 4) is 0 Å². The molecular weight excluding hydrogens is 256 g/mol. The molecule has 1 aromatic rings. The van der Waals surface area contributed by atoms with Crippen LogP contribution in [0.4, 0.5) is 8.78 Å². The Kier molecular flexibility index (Phi) is 4.79. The van der Waals surface area contributed by atoms with Crippen molar-refractivity contribution in [2.24, 2.45) is 5.41 Å². The molecule has 0 radical (unpaired) electrons. The molecule has 1 atom stereocenters. The Balaban J connectivity index is 2.45. The van der Waals surface area contributed by atoms with Crippen LogP contribution in [0.1, 0.15) is 63.1 Å². The summed E-state index contributed by atoms with van der Waals surface area (Å²) in [5.41, 5.74) is 0.684. The van der Waals surface area contributed by atoms with Gasteiger partial charge in [0.05, 0.1) is 0 Å². The second kappa shape index (κ2) is 6.21. The summed E-state index contributed by atoms with van der Waals surface area (Å²) < 4.78 is 28.7. The van der Waals surface area contributed by atoms with Crippen LogP contribution in [0.25, 0.3) is 0 Å². The minimum Gasteiger partial charge on any atom is -0.310 e. The van der Waals surface area contributed by atoms with Gasteiger partial charge in [-0.3, -0.25) is 0 Å². The van der Waals surface area contributed by atoms with Gasteiger partial charge in [-0.05, 0) is 43.4 Å². The molecule has 0 bridgehead atoms. The number of nitrogens with one attached hydrogen (secondary N) is 1. The van der Waals surface area contributed by atoms with Crippen LogP contribution in [0.5, 0.6) is 0 Å². The number of aryl methyl sites for hydroxylation is 1. The fourth-order valence-electron chi connectivity index (χ4n) is 3.49. The smallest absolute Gasteiger partial charge is 0.133 e. The average molecular weight is 281 g/mol. The molecule has 0 spiro atoms. The molecule has 0 amide bonds. The van der Waals surface area contributed by atoms with Crippen molar-refractivity contribution < 1.29 is 8.78 Å². The lowest BCUT2D eigenvalue weighted by Crippen LogP contribution is -2.39. The first-order chi connectivity index (χ1) is 9.49. The van der Waals surface area contributed by atoms with Gasteiger partial charge < -0.3 is 5.32 Å². The van der Waals surface area contributed by atoms with E-state index in [9.17, 15) is 8.78 Å². The lowest BCUT2D eigenvalue weighted by atomic mass is 9.68. The van der Waals surface area contributed by atoms with Crippen LogP contribution in [0.15, 0.2) is 12.1 Å². The fourth-order valence-corrected chi connectivity index (χ4v) is 3.49. The molecule has 3 heteroatoms. The highest BCUT2D eigenvalue weighted by molar-refractivity contribution is 5.30. The van der Waals surface area contributed by atoms with E-state index < -0.39 is 5.82 Å². The van der Waals surface area contributed by atoms with Crippen molar-refractivity contribution in [3.63, 3.8) is 0 Å². The molecule has 0 aromatic heterocycles. The van der Waals surface area contributed by atoms with Crippen molar-refractivity contribution in [3.05, 3.63) is 34.9 Å². The quantitative estimate of drug-likeness (QED) is 0.828. The second-order valence-corrected chi connectivity index (χ2v) is 6.30. The number of hydrogen-bond acceptors (Lipinski definition) is 1. The molecular formula is C17H25F2N. The largest absolute Gasteiger partial charge is 0.310 e. The van der Waals surface area contributed by atoms with Crippen molar-refractivity contribution >= 4 is 0 Å². The molecule has 1 nitrogen and oxygen atoms in total. The van der Waals surface area contributed by atoms with E-state index in [1.165, 1.54) is 18.6 Å². The lowest BCUT2D eigenvalue weighted by Gasteiger charge is -2.41. The monoisotopic (exact) mass is 281 g/mol. The zero-order valence-corrected chi connectivity index (χ0v) is 12.7. The van der Waals surface area contributed by atoms with Gasteiger partial charge in [0.25, 0.3) is 0 Å². The Morgan fingerprint density at radius 1 is 1.20 bits per heavy atom. The molecule has 2 rings (SSSR count). The van der Waals surface area contributed by atoms with Gasteiger partial charge in [-0.15, -0.1) is 0 Å². The fraction of sp³-hybridized carbons (Fsp3) is 0.647. The van der Waals surface area contributed by atoms with Crippen LogP contribution in [0.3, 0.4) is 0 Å². The van der Waals surface area contributed by atoms with E-state index in [2.05, 4.69) is 12.2 Å². The van der Waals surface area contributed by atoms with Crippen molar-refractivity contribution in [2.45, 2.75) is 58.9 Å². The molecule has 0 aliphatic heterocycles. The third kappa shape index (κ3) is 2.88. The van der Waals surface area contributed by atoms with Gasteiger partial charge in [-0.2, -0.15) is 0 Å². The standard InChI is InChI=1S/C17H25F2N/c1-4-20-16(17(3)10-6-5-7-11-17)14-13(18)9-8-12(2)15(14)19/h8-9,16,20H,4-7,10-11H2,1-3H3. The summed E-state index contributed by atoms with van der Waals surface area (Å²) in [6.07, 6.45) is 5.57. The van der Waals surface area contributed by atoms with Gasteiger partial charge >= 0.3 is 0 Å². The molecule has 1 fully saturated rings. The predicted molar refractivity (Wildman–Crippen MR) is 78.7 cm³/mol. The normalized spacial score (nSPS) is 19.9. The van der Waals surface area contributed by atoms with E-state index in [1.54, 1.807) is 6.92 Å². The van der Waals surface area contributed by atoms with Crippen LogP contribution in [-0.2, 0) is 0 Å². The average Bonchev–Trinajstić information content (AvgIpc) is 2.43. The molecule has 112 valence electrons. The number of halogens is 2. The lowest BCUT2D eigenvalue weighted by molar-refractivity contribution is 0.140. The van der Waals surface area contributed by atoms with Gasteiger partial charge in [0.2, 0.25) is 0 Å². The van der Waals surface area contributed by atoms with E-state index in [-0.39, 0.29) is 22.8 Å². The molecule has 1 saturated carbocycles. The third-order valence-corrected chi connectivity index (χ3v) is 4.71. The maximum Gasteiger partial charge on any atom is 0.133 e. The third-order valence-electron chi connectivity index (χ3n) is 4.71. The van der Waals surface area contributed by atoms with E-state index in [0.717, 1.165) is 25.7 Å². The van der Waals surface area contributed by atoms with Crippen molar-refractivity contribution in [2.75, 3.05) is 6.54 Å². The molecule has 1 aliphatic rings. The Bertz CT molecular complexity index is 464. The first-order valence-electron chi connectivity index (χ1n) is 7.67. The predicted octanol–water partition coefficient (Wildman–Crippen LogP) is 4.89. The number of rotatable bonds is 4. The summed E-state index contributed by atoms with van der Waals surface area (Å²) in [5.74, 6) is -0.811. The Morgan fingerprint density at radius 2 is 1.85 bits per heavy atom. The molecule has 20 heavy (non-hydrogen) atoms. The number of benzene rings is 1. The number of hydrogen-bond donors (Lipinski definition) is 1. The summed E-state index contributed by atoms with van der Waals surface area (Å²) >= 11 is 0. The summed E-state index contributed by atoms with van der Waals surface area (Å²) in [6, 6.07) is 2.66. The van der Waals surface area contributed by atoms with Crippen LogP contribution >= 0.6 is 0 Å². The summed E-state index contributed by atoms with van der Waals surface area (Å²) in [6.45, 7) is 6.57.